The first-order chi connectivity index (χ1) is 9.08. The predicted molar refractivity (Wildman–Crippen MR) is 72.1 cm³/mol. The van der Waals surface area contributed by atoms with E-state index in [9.17, 15) is 9.59 Å². The molecular weight excluding hydrogens is 266 g/mol. The van der Waals surface area contributed by atoms with E-state index in [0.717, 1.165) is 5.03 Å². The fraction of sp³-hybridized carbons (Fsp3) is 0.462. The Bertz CT molecular complexity index is 433. The van der Waals surface area contributed by atoms with E-state index in [1.54, 1.807) is 26.0 Å². The Morgan fingerprint density at radius 3 is 2.68 bits per heavy atom. The van der Waals surface area contributed by atoms with Crippen molar-refractivity contribution in [1.82, 2.24) is 4.98 Å². The van der Waals surface area contributed by atoms with Gasteiger partial charge in [-0.25, -0.2) is 9.78 Å². The molecule has 0 saturated heterocycles. The number of ether oxygens (including phenoxy) is 2. The maximum absolute atomic E-state index is 11.4. The van der Waals surface area contributed by atoms with Gasteiger partial charge in [0, 0.05) is 11.9 Å². The molecule has 0 aliphatic carbocycles. The molecule has 1 aromatic rings. The van der Waals surface area contributed by atoms with E-state index in [1.165, 1.54) is 25.1 Å². The minimum atomic E-state index is -0.380. The third-order valence-electron chi connectivity index (χ3n) is 2.33. The van der Waals surface area contributed by atoms with Gasteiger partial charge in [-0.3, -0.25) is 4.79 Å². The first-order valence-electron chi connectivity index (χ1n) is 5.92. The summed E-state index contributed by atoms with van der Waals surface area (Å²) in [5.41, 5.74) is 0.423. The first-order valence-corrected chi connectivity index (χ1v) is 6.90. The fourth-order valence-electron chi connectivity index (χ4n) is 1.28. The molecule has 1 aromatic heterocycles. The summed E-state index contributed by atoms with van der Waals surface area (Å²) < 4.78 is 9.51. The predicted octanol–water partition coefficient (Wildman–Crippen LogP) is 2.16. The van der Waals surface area contributed by atoms with Crippen LogP contribution in [0.2, 0.25) is 0 Å². The van der Waals surface area contributed by atoms with Gasteiger partial charge in [-0.2, -0.15) is 0 Å². The molecule has 1 heterocycles. The second-order valence-corrected chi connectivity index (χ2v) is 4.88. The molecule has 104 valence electrons. The van der Waals surface area contributed by atoms with Crippen molar-refractivity contribution in [3.8, 4) is 0 Å². The van der Waals surface area contributed by atoms with Crippen LogP contribution in [0.3, 0.4) is 0 Å². The quantitative estimate of drug-likeness (QED) is 0.589. The lowest BCUT2D eigenvalue weighted by atomic mass is 10.2. The standard InChI is InChI=1S/C13H17NO4S/c1-4-18-13(16)10-5-6-11(14-7-10)19-8-9(2)12(15)17-3/h5-7,9H,4,8H2,1-3H3. The van der Waals surface area contributed by atoms with Gasteiger partial charge in [-0.1, -0.05) is 6.92 Å². The highest BCUT2D eigenvalue weighted by Crippen LogP contribution is 2.19. The lowest BCUT2D eigenvalue weighted by Crippen LogP contribution is -2.14. The SMILES string of the molecule is CCOC(=O)c1ccc(SCC(C)C(=O)OC)nc1. The number of carbonyl (C=O) groups excluding carboxylic acids is 2. The van der Waals surface area contributed by atoms with Gasteiger partial charge in [0.15, 0.2) is 0 Å². The molecule has 19 heavy (non-hydrogen) atoms. The van der Waals surface area contributed by atoms with Gasteiger partial charge in [-0.05, 0) is 19.1 Å². The van der Waals surface area contributed by atoms with Crippen LogP contribution in [0.15, 0.2) is 23.4 Å². The molecule has 6 heteroatoms. The van der Waals surface area contributed by atoms with Crippen LogP contribution in [0.25, 0.3) is 0 Å². The van der Waals surface area contributed by atoms with E-state index in [-0.39, 0.29) is 17.9 Å². The van der Waals surface area contributed by atoms with Crippen molar-refractivity contribution < 1.29 is 19.1 Å². The van der Waals surface area contributed by atoms with Gasteiger partial charge < -0.3 is 9.47 Å². The molecule has 1 rings (SSSR count). The van der Waals surface area contributed by atoms with Gasteiger partial charge >= 0.3 is 11.9 Å². The summed E-state index contributed by atoms with van der Waals surface area (Å²) in [5.74, 6) is -0.232. The minimum absolute atomic E-state index is 0.193. The highest BCUT2D eigenvalue weighted by Gasteiger charge is 2.14. The van der Waals surface area contributed by atoms with Gasteiger partial charge in [0.05, 0.1) is 30.2 Å². The number of pyridine rings is 1. The molecule has 0 saturated carbocycles. The van der Waals surface area contributed by atoms with Gasteiger partial charge in [0.1, 0.15) is 0 Å². The lowest BCUT2D eigenvalue weighted by molar-refractivity contribution is -0.143. The Labute approximate surface area is 116 Å². The normalized spacial score (nSPS) is 11.7. The number of rotatable bonds is 6. The highest BCUT2D eigenvalue weighted by atomic mass is 32.2. The number of methoxy groups -OCH3 is 1. The van der Waals surface area contributed by atoms with E-state index in [0.29, 0.717) is 17.9 Å². The molecule has 0 aromatic carbocycles. The fourth-order valence-corrected chi connectivity index (χ4v) is 2.13. The van der Waals surface area contributed by atoms with Crippen molar-refractivity contribution in [1.29, 1.82) is 0 Å². The van der Waals surface area contributed by atoms with Crippen molar-refractivity contribution in [3.63, 3.8) is 0 Å². The van der Waals surface area contributed by atoms with E-state index in [2.05, 4.69) is 9.72 Å². The van der Waals surface area contributed by atoms with Crippen molar-refractivity contribution in [2.24, 2.45) is 5.92 Å². The number of carbonyl (C=O) groups is 2. The van der Waals surface area contributed by atoms with Crippen molar-refractivity contribution in [3.05, 3.63) is 23.9 Å². The summed E-state index contributed by atoms with van der Waals surface area (Å²) in [6.45, 7) is 3.89. The molecule has 0 spiro atoms. The van der Waals surface area contributed by atoms with E-state index in [4.69, 9.17) is 4.74 Å². The van der Waals surface area contributed by atoms with Crippen LogP contribution in [0.5, 0.6) is 0 Å². The molecule has 0 aliphatic heterocycles. The van der Waals surface area contributed by atoms with Crippen LogP contribution >= 0.6 is 11.8 Å². The zero-order valence-electron chi connectivity index (χ0n) is 11.2. The van der Waals surface area contributed by atoms with E-state index < -0.39 is 0 Å². The number of hydrogen-bond donors (Lipinski definition) is 0. The number of esters is 2. The molecule has 0 amide bonds. The molecule has 0 N–H and O–H groups in total. The largest absolute Gasteiger partial charge is 0.469 e. The Kier molecular flexibility index (Phi) is 6.35. The molecule has 1 unspecified atom stereocenters. The lowest BCUT2D eigenvalue weighted by Gasteiger charge is -2.08. The summed E-state index contributed by atoms with van der Waals surface area (Å²) in [6.07, 6.45) is 1.48. The number of thioether (sulfide) groups is 1. The van der Waals surface area contributed by atoms with Gasteiger partial charge in [0.25, 0.3) is 0 Å². The Morgan fingerprint density at radius 1 is 1.42 bits per heavy atom. The third kappa shape index (κ3) is 4.90. The van der Waals surface area contributed by atoms with Crippen LogP contribution in [0, 0.1) is 5.92 Å². The smallest absolute Gasteiger partial charge is 0.339 e. The minimum Gasteiger partial charge on any atom is -0.469 e. The van der Waals surface area contributed by atoms with Crippen LogP contribution in [-0.2, 0) is 14.3 Å². The second-order valence-electron chi connectivity index (χ2n) is 3.84. The summed E-state index contributed by atoms with van der Waals surface area (Å²) in [7, 11) is 1.37. The summed E-state index contributed by atoms with van der Waals surface area (Å²) in [6, 6.07) is 3.40. The number of hydrogen-bond acceptors (Lipinski definition) is 6. The molecule has 0 fully saturated rings. The Balaban J connectivity index is 2.53. The average molecular weight is 283 g/mol. The Hall–Kier alpha value is -1.56. The van der Waals surface area contributed by atoms with Gasteiger partial charge in [0.2, 0.25) is 0 Å². The number of nitrogens with zero attached hydrogens (tertiary/aromatic N) is 1. The topological polar surface area (TPSA) is 65.5 Å². The molecule has 0 radical (unpaired) electrons. The summed E-state index contributed by atoms with van der Waals surface area (Å²) in [5, 5.41) is 0.754. The van der Waals surface area contributed by atoms with Crippen LogP contribution in [-0.4, -0.2) is 36.4 Å². The molecule has 0 bridgehead atoms. The zero-order valence-corrected chi connectivity index (χ0v) is 12.0. The highest BCUT2D eigenvalue weighted by molar-refractivity contribution is 7.99. The molecule has 1 atom stereocenters. The van der Waals surface area contributed by atoms with Crippen molar-refractivity contribution >= 4 is 23.7 Å². The first kappa shape index (κ1) is 15.5. The van der Waals surface area contributed by atoms with Crippen molar-refractivity contribution in [2.75, 3.05) is 19.5 Å². The van der Waals surface area contributed by atoms with Crippen LogP contribution in [0.4, 0.5) is 0 Å². The zero-order chi connectivity index (χ0) is 14.3. The summed E-state index contributed by atoms with van der Waals surface area (Å²) >= 11 is 1.44. The monoisotopic (exact) mass is 283 g/mol. The Morgan fingerprint density at radius 2 is 2.16 bits per heavy atom. The van der Waals surface area contributed by atoms with Gasteiger partial charge in [-0.15, -0.1) is 11.8 Å². The number of aromatic nitrogens is 1. The molecular formula is C13H17NO4S. The third-order valence-corrected chi connectivity index (χ3v) is 3.54. The molecule has 5 nitrogen and oxygen atoms in total. The summed E-state index contributed by atoms with van der Waals surface area (Å²) in [4.78, 5) is 26.8. The maximum atomic E-state index is 11.4. The van der Waals surface area contributed by atoms with E-state index >= 15 is 0 Å². The second kappa shape index (κ2) is 7.78. The van der Waals surface area contributed by atoms with E-state index in [1.807, 2.05) is 0 Å². The molecule has 0 aliphatic rings. The van der Waals surface area contributed by atoms with Crippen LogP contribution in [0.1, 0.15) is 24.2 Å². The maximum Gasteiger partial charge on any atom is 0.339 e. The van der Waals surface area contributed by atoms with Crippen molar-refractivity contribution in [2.45, 2.75) is 18.9 Å². The average Bonchev–Trinajstić information content (AvgIpc) is 2.44. The van der Waals surface area contributed by atoms with Crippen LogP contribution < -0.4 is 0 Å².